The average molecular weight is 347 g/mol. The van der Waals surface area contributed by atoms with E-state index >= 15 is 0 Å². The van der Waals surface area contributed by atoms with Crippen molar-refractivity contribution in [2.75, 3.05) is 27.2 Å². The Balaban J connectivity index is 1.80. The monoisotopic (exact) mass is 347 g/mol. The maximum atomic E-state index is 12.3. The van der Waals surface area contributed by atoms with Crippen LogP contribution in [-0.2, 0) is 14.4 Å². The van der Waals surface area contributed by atoms with Gasteiger partial charge in [-0.1, -0.05) is 35.0 Å². The van der Waals surface area contributed by atoms with Crippen molar-refractivity contribution < 1.29 is 19.3 Å². The first-order valence-electron chi connectivity index (χ1n) is 8.53. The minimum absolute atomic E-state index is 0.202. The molecule has 0 bridgehead atoms. The van der Waals surface area contributed by atoms with Gasteiger partial charge < -0.3 is 20.4 Å². The lowest BCUT2D eigenvalue weighted by atomic mass is 10.0. The van der Waals surface area contributed by atoms with Crippen LogP contribution in [0.2, 0.25) is 0 Å². The maximum Gasteiger partial charge on any atom is 0.264 e. The standard InChI is InChI=1S/C18H26N4O3/c1-12-5-7-14(8-6-12)15-11-16(25-21-15)18(24)20-13(2)17(23)19-9-10-22(3)4/h5-8,13,16H,9-11H2,1-4H3,(H,19,23)(H,20,24)/p+1/t13-,16+/m1/s1. The van der Waals surface area contributed by atoms with Crippen LogP contribution in [0.15, 0.2) is 29.4 Å². The minimum atomic E-state index is -0.697. The van der Waals surface area contributed by atoms with E-state index in [0.29, 0.717) is 13.0 Å². The molecule has 2 atom stereocenters. The van der Waals surface area contributed by atoms with Gasteiger partial charge in [0.25, 0.3) is 5.91 Å². The average Bonchev–Trinajstić information content (AvgIpc) is 3.05. The highest BCUT2D eigenvalue weighted by atomic mass is 16.6. The first-order chi connectivity index (χ1) is 11.9. The summed E-state index contributed by atoms with van der Waals surface area (Å²) in [4.78, 5) is 30.8. The van der Waals surface area contributed by atoms with Crippen LogP contribution in [0.25, 0.3) is 0 Å². The Bertz CT molecular complexity index is 640. The normalized spacial score (nSPS) is 17.6. The number of carbonyl (C=O) groups excluding carboxylic acids is 2. The number of benzene rings is 1. The molecule has 0 fully saturated rings. The summed E-state index contributed by atoms with van der Waals surface area (Å²) in [7, 11) is 4.03. The smallest absolute Gasteiger partial charge is 0.264 e. The highest BCUT2D eigenvalue weighted by Gasteiger charge is 2.30. The van der Waals surface area contributed by atoms with Crippen molar-refractivity contribution in [3.63, 3.8) is 0 Å². The Morgan fingerprint density at radius 3 is 2.64 bits per heavy atom. The van der Waals surface area contributed by atoms with Gasteiger partial charge in [0.1, 0.15) is 6.04 Å². The molecule has 0 radical (unpaired) electrons. The molecule has 0 saturated carbocycles. The molecule has 1 aromatic rings. The highest BCUT2D eigenvalue weighted by Crippen LogP contribution is 2.17. The number of hydrogen-bond acceptors (Lipinski definition) is 4. The Hall–Kier alpha value is -2.41. The fraction of sp³-hybridized carbons (Fsp3) is 0.500. The lowest BCUT2D eigenvalue weighted by molar-refractivity contribution is -0.856. The summed E-state index contributed by atoms with van der Waals surface area (Å²) in [5.41, 5.74) is 2.84. The van der Waals surface area contributed by atoms with Crippen LogP contribution in [-0.4, -0.2) is 56.9 Å². The van der Waals surface area contributed by atoms with E-state index in [1.54, 1.807) is 6.92 Å². The fourth-order valence-electron chi connectivity index (χ4n) is 2.40. The third kappa shape index (κ3) is 5.56. The van der Waals surface area contributed by atoms with Crippen LogP contribution in [0.5, 0.6) is 0 Å². The van der Waals surface area contributed by atoms with Crippen LogP contribution >= 0.6 is 0 Å². The summed E-state index contributed by atoms with van der Waals surface area (Å²) in [5.74, 6) is -0.529. The van der Waals surface area contributed by atoms with Gasteiger partial charge in [0, 0.05) is 6.42 Å². The highest BCUT2D eigenvalue weighted by molar-refractivity contribution is 6.04. The zero-order valence-corrected chi connectivity index (χ0v) is 15.3. The molecule has 2 rings (SSSR count). The quantitative estimate of drug-likeness (QED) is 0.607. The van der Waals surface area contributed by atoms with Gasteiger partial charge in [-0.25, -0.2) is 0 Å². The molecule has 2 amide bonds. The SMILES string of the molecule is Cc1ccc(C2=NO[C@H](C(=O)N[C@H](C)C(=O)NCC[NH+](C)C)C2)cc1. The molecule has 0 unspecified atom stereocenters. The van der Waals surface area contributed by atoms with Crippen LogP contribution in [0, 0.1) is 6.92 Å². The predicted molar refractivity (Wildman–Crippen MR) is 95.5 cm³/mol. The molecule has 0 aromatic heterocycles. The molecule has 1 aliphatic rings. The molecular weight excluding hydrogens is 320 g/mol. The number of aryl methyl sites for hydroxylation is 1. The van der Waals surface area contributed by atoms with E-state index in [2.05, 4.69) is 15.8 Å². The van der Waals surface area contributed by atoms with E-state index in [9.17, 15) is 9.59 Å². The predicted octanol–water partition coefficient (Wildman–Crippen LogP) is -0.747. The van der Waals surface area contributed by atoms with Crippen molar-refractivity contribution in [2.45, 2.75) is 32.4 Å². The number of hydrogen-bond donors (Lipinski definition) is 3. The summed E-state index contributed by atoms with van der Waals surface area (Å²) in [6.07, 6.45) is -0.300. The molecule has 25 heavy (non-hydrogen) atoms. The van der Waals surface area contributed by atoms with Crippen molar-refractivity contribution in [2.24, 2.45) is 5.16 Å². The van der Waals surface area contributed by atoms with E-state index in [1.165, 1.54) is 4.90 Å². The Morgan fingerprint density at radius 2 is 2.00 bits per heavy atom. The van der Waals surface area contributed by atoms with E-state index in [1.807, 2.05) is 45.3 Å². The first kappa shape index (κ1) is 18.9. The zero-order chi connectivity index (χ0) is 18.4. The van der Waals surface area contributed by atoms with E-state index in [4.69, 9.17) is 4.84 Å². The van der Waals surface area contributed by atoms with E-state index < -0.39 is 12.1 Å². The number of nitrogens with zero attached hydrogens (tertiary/aromatic N) is 1. The topological polar surface area (TPSA) is 84.2 Å². The number of nitrogens with one attached hydrogen (secondary N) is 3. The summed E-state index contributed by atoms with van der Waals surface area (Å²) in [6, 6.07) is 7.29. The Labute approximate surface area is 148 Å². The second-order valence-corrected chi connectivity index (χ2v) is 6.68. The van der Waals surface area contributed by atoms with E-state index in [0.717, 1.165) is 23.4 Å². The van der Waals surface area contributed by atoms with Gasteiger partial charge in [-0.15, -0.1) is 0 Å². The lowest BCUT2D eigenvalue weighted by Gasteiger charge is -2.16. The molecule has 7 nitrogen and oxygen atoms in total. The summed E-state index contributed by atoms with van der Waals surface area (Å²) < 4.78 is 0. The van der Waals surface area contributed by atoms with Crippen molar-refractivity contribution in [1.29, 1.82) is 0 Å². The van der Waals surface area contributed by atoms with Crippen molar-refractivity contribution >= 4 is 17.5 Å². The largest absolute Gasteiger partial charge is 0.382 e. The molecule has 1 aromatic carbocycles. The molecule has 0 aliphatic carbocycles. The van der Waals surface area contributed by atoms with Crippen LogP contribution in [0.1, 0.15) is 24.5 Å². The number of oxime groups is 1. The molecule has 0 saturated heterocycles. The van der Waals surface area contributed by atoms with Crippen LogP contribution in [0.4, 0.5) is 0 Å². The van der Waals surface area contributed by atoms with Crippen molar-refractivity contribution in [1.82, 2.24) is 10.6 Å². The van der Waals surface area contributed by atoms with Gasteiger partial charge in [0.05, 0.1) is 32.9 Å². The lowest BCUT2D eigenvalue weighted by Crippen LogP contribution is -3.06. The molecule has 7 heteroatoms. The van der Waals surface area contributed by atoms with Gasteiger partial charge in [-0.2, -0.15) is 0 Å². The van der Waals surface area contributed by atoms with Gasteiger partial charge in [0.2, 0.25) is 12.0 Å². The summed E-state index contributed by atoms with van der Waals surface area (Å²) >= 11 is 0. The van der Waals surface area contributed by atoms with Gasteiger partial charge in [-0.05, 0) is 19.4 Å². The van der Waals surface area contributed by atoms with Crippen molar-refractivity contribution in [3.8, 4) is 0 Å². The molecule has 1 heterocycles. The molecule has 0 spiro atoms. The Morgan fingerprint density at radius 1 is 1.32 bits per heavy atom. The van der Waals surface area contributed by atoms with E-state index in [-0.39, 0.29) is 11.8 Å². The minimum Gasteiger partial charge on any atom is -0.382 e. The van der Waals surface area contributed by atoms with Gasteiger partial charge in [-0.3, -0.25) is 9.59 Å². The molecular formula is C18H27N4O3+. The molecule has 3 N–H and O–H groups in total. The second-order valence-electron chi connectivity index (χ2n) is 6.68. The number of amides is 2. The third-order valence-corrected chi connectivity index (χ3v) is 4.02. The number of rotatable bonds is 7. The summed E-state index contributed by atoms with van der Waals surface area (Å²) in [5, 5.41) is 9.50. The zero-order valence-electron chi connectivity index (χ0n) is 15.3. The number of carbonyl (C=O) groups is 2. The Kier molecular flexibility index (Phi) is 6.52. The van der Waals surface area contributed by atoms with Crippen LogP contribution in [0.3, 0.4) is 0 Å². The number of quaternary nitrogens is 1. The molecule has 1 aliphatic heterocycles. The van der Waals surface area contributed by atoms with Gasteiger partial charge in [0.15, 0.2) is 0 Å². The number of likely N-dealkylation sites (N-methyl/N-ethyl adjacent to an activating group) is 1. The molecule has 136 valence electrons. The first-order valence-corrected chi connectivity index (χ1v) is 8.53. The summed E-state index contributed by atoms with van der Waals surface area (Å²) in [6.45, 7) is 5.07. The second kappa shape index (κ2) is 8.62. The van der Waals surface area contributed by atoms with Crippen molar-refractivity contribution in [3.05, 3.63) is 35.4 Å². The fourth-order valence-corrected chi connectivity index (χ4v) is 2.40. The van der Waals surface area contributed by atoms with Gasteiger partial charge >= 0.3 is 0 Å². The maximum absolute atomic E-state index is 12.3. The third-order valence-electron chi connectivity index (χ3n) is 4.02. The van der Waals surface area contributed by atoms with Crippen LogP contribution < -0.4 is 15.5 Å².